The van der Waals surface area contributed by atoms with E-state index in [1.54, 1.807) is 0 Å². The van der Waals surface area contributed by atoms with E-state index < -0.39 is 22.8 Å². The van der Waals surface area contributed by atoms with Gasteiger partial charge in [-0.1, -0.05) is 13.8 Å². The number of aliphatic carboxylic acids is 1. The number of furan rings is 1. The third kappa shape index (κ3) is 7.75. The highest BCUT2D eigenvalue weighted by molar-refractivity contribution is 5.83. The van der Waals surface area contributed by atoms with Gasteiger partial charge in [-0.25, -0.2) is 5.43 Å². The summed E-state index contributed by atoms with van der Waals surface area (Å²) in [7, 11) is 0. The van der Waals surface area contributed by atoms with Crippen LogP contribution in [-0.4, -0.2) is 34.2 Å². The third-order valence-electron chi connectivity index (χ3n) is 2.18. The van der Waals surface area contributed by atoms with Crippen LogP contribution in [-0.2, 0) is 9.59 Å². The molecule has 10 heteroatoms. The molecule has 0 saturated heterocycles. The van der Waals surface area contributed by atoms with E-state index in [4.69, 9.17) is 20.1 Å². The quantitative estimate of drug-likeness (QED) is 0.409. The van der Waals surface area contributed by atoms with Gasteiger partial charge in [0.25, 0.3) is 11.9 Å². The molecule has 1 rings (SSSR count). The molecule has 1 atom stereocenters. The third-order valence-corrected chi connectivity index (χ3v) is 2.18. The monoisotopic (exact) mass is 314 g/mol. The number of nitro groups is 1. The summed E-state index contributed by atoms with van der Waals surface area (Å²) in [6.45, 7) is 4.70. The zero-order chi connectivity index (χ0) is 17.3. The number of carboxylic acid groups (broad SMARTS) is 1. The maximum atomic E-state index is 11.4. The van der Waals surface area contributed by atoms with Gasteiger partial charge in [-0.05, 0) is 12.0 Å². The van der Waals surface area contributed by atoms with Crippen LogP contribution in [0.2, 0.25) is 0 Å². The van der Waals surface area contributed by atoms with Gasteiger partial charge in [-0.2, -0.15) is 5.10 Å². The Bertz CT molecular complexity index is 548. The first-order valence-corrected chi connectivity index (χ1v) is 6.17. The lowest BCUT2D eigenvalue weighted by Crippen LogP contribution is -2.42. The molecule has 1 aromatic heterocycles. The normalized spacial score (nSPS) is 11.7. The molecular formula is C12H18N4O6. The predicted molar refractivity (Wildman–Crippen MR) is 77.2 cm³/mol. The van der Waals surface area contributed by atoms with Crippen molar-refractivity contribution in [1.82, 2.24) is 5.43 Å². The summed E-state index contributed by atoms with van der Waals surface area (Å²) < 4.78 is 4.80. The summed E-state index contributed by atoms with van der Waals surface area (Å²) in [6, 6.07) is 1.91. The molecule has 1 unspecified atom stereocenters. The van der Waals surface area contributed by atoms with Gasteiger partial charge in [0.2, 0.25) is 0 Å². The van der Waals surface area contributed by atoms with Crippen molar-refractivity contribution in [1.29, 1.82) is 0 Å². The Labute approximate surface area is 126 Å². The standard InChI is InChI=1S/C10H14N4O4.C2H4O2/c1-6(2)9(11)10(15)13-12-5-7-3-4-8(18-7)14(16)17;1-2(3)4/h3-6,9H,11H2,1-2H3,(H,13,15);1H3,(H,3,4)/b12-5+;. The molecule has 0 radical (unpaired) electrons. The van der Waals surface area contributed by atoms with Gasteiger partial charge in [0.05, 0.1) is 18.3 Å². The van der Waals surface area contributed by atoms with Gasteiger partial charge >= 0.3 is 5.88 Å². The molecule has 10 nitrogen and oxygen atoms in total. The lowest BCUT2D eigenvalue weighted by Gasteiger charge is -2.12. The zero-order valence-electron chi connectivity index (χ0n) is 12.3. The van der Waals surface area contributed by atoms with E-state index in [1.165, 1.54) is 12.1 Å². The van der Waals surface area contributed by atoms with Crippen molar-refractivity contribution in [3.63, 3.8) is 0 Å². The minimum atomic E-state index is -0.833. The Morgan fingerprint density at radius 1 is 1.50 bits per heavy atom. The first kappa shape index (κ1) is 19.2. The van der Waals surface area contributed by atoms with E-state index in [0.29, 0.717) is 0 Å². The van der Waals surface area contributed by atoms with Crippen molar-refractivity contribution in [2.24, 2.45) is 16.8 Å². The van der Waals surface area contributed by atoms with Crippen molar-refractivity contribution in [2.75, 3.05) is 0 Å². The minimum Gasteiger partial charge on any atom is -0.481 e. The number of nitrogens with zero attached hydrogens (tertiary/aromatic N) is 2. The Hall–Kier alpha value is -2.75. The van der Waals surface area contributed by atoms with Crippen LogP contribution in [0.1, 0.15) is 26.5 Å². The average molecular weight is 314 g/mol. The Morgan fingerprint density at radius 3 is 2.45 bits per heavy atom. The first-order valence-electron chi connectivity index (χ1n) is 6.17. The van der Waals surface area contributed by atoms with Crippen LogP contribution in [0.3, 0.4) is 0 Å². The van der Waals surface area contributed by atoms with E-state index in [1.807, 2.05) is 13.8 Å². The summed E-state index contributed by atoms with van der Waals surface area (Å²) in [6.07, 6.45) is 1.16. The second-order valence-electron chi connectivity index (χ2n) is 4.46. The van der Waals surface area contributed by atoms with Crippen molar-refractivity contribution < 1.29 is 24.0 Å². The van der Waals surface area contributed by atoms with Crippen LogP contribution in [0.15, 0.2) is 21.7 Å². The van der Waals surface area contributed by atoms with Gasteiger partial charge in [0.15, 0.2) is 5.76 Å². The number of hydrogen-bond donors (Lipinski definition) is 3. The Morgan fingerprint density at radius 2 is 2.05 bits per heavy atom. The van der Waals surface area contributed by atoms with E-state index >= 15 is 0 Å². The number of carbonyl (C=O) groups excluding carboxylic acids is 1. The molecule has 1 amide bonds. The molecular weight excluding hydrogens is 296 g/mol. The molecule has 0 spiro atoms. The fourth-order valence-corrected chi connectivity index (χ4v) is 1.05. The largest absolute Gasteiger partial charge is 0.481 e. The van der Waals surface area contributed by atoms with E-state index in [2.05, 4.69) is 10.5 Å². The van der Waals surface area contributed by atoms with E-state index in [9.17, 15) is 14.9 Å². The minimum absolute atomic E-state index is 0.00935. The maximum Gasteiger partial charge on any atom is 0.433 e. The average Bonchev–Trinajstić information content (AvgIpc) is 2.85. The maximum absolute atomic E-state index is 11.4. The van der Waals surface area contributed by atoms with Crippen LogP contribution >= 0.6 is 0 Å². The number of carbonyl (C=O) groups is 2. The number of nitrogens with one attached hydrogen (secondary N) is 1. The molecule has 1 aromatic rings. The zero-order valence-corrected chi connectivity index (χ0v) is 12.3. The Balaban J connectivity index is 0.000000980. The molecule has 0 saturated carbocycles. The van der Waals surface area contributed by atoms with Crippen molar-refractivity contribution in [3.8, 4) is 0 Å². The summed E-state index contributed by atoms with van der Waals surface area (Å²) in [4.78, 5) is 30.1. The first-order chi connectivity index (χ1) is 10.1. The highest BCUT2D eigenvalue weighted by Crippen LogP contribution is 2.13. The lowest BCUT2D eigenvalue weighted by molar-refractivity contribution is -0.402. The van der Waals surface area contributed by atoms with Crippen LogP contribution in [0.5, 0.6) is 0 Å². The fourth-order valence-electron chi connectivity index (χ4n) is 1.05. The number of amides is 1. The van der Waals surface area contributed by atoms with Gasteiger partial charge in [0, 0.05) is 6.92 Å². The fraction of sp³-hybridized carbons (Fsp3) is 0.417. The van der Waals surface area contributed by atoms with Crippen LogP contribution in [0.25, 0.3) is 0 Å². The highest BCUT2D eigenvalue weighted by Gasteiger charge is 2.16. The SMILES string of the molecule is CC(=O)O.CC(C)C(N)C(=O)N/N=C/c1ccc([N+](=O)[O-])o1. The van der Waals surface area contributed by atoms with Crippen molar-refractivity contribution >= 4 is 24.0 Å². The summed E-state index contributed by atoms with van der Waals surface area (Å²) in [5, 5.41) is 21.4. The lowest BCUT2D eigenvalue weighted by atomic mass is 10.1. The van der Waals surface area contributed by atoms with Gasteiger partial charge in [-0.15, -0.1) is 0 Å². The van der Waals surface area contributed by atoms with Gasteiger partial charge < -0.3 is 15.3 Å². The second-order valence-corrected chi connectivity index (χ2v) is 4.46. The number of rotatable bonds is 5. The highest BCUT2D eigenvalue weighted by atomic mass is 16.6. The van der Waals surface area contributed by atoms with E-state index in [0.717, 1.165) is 13.1 Å². The molecule has 1 heterocycles. The van der Waals surface area contributed by atoms with Gasteiger partial charge in [0.1, 0.15) is 4.92 Å². The summed E-state index contributed by atoms with van der Waals surface area (Å²) in [5.41, 5.74) is 7.81. The summed E-state index contributed by atoms with van der Waals surface area (Å²) >= 11 is 0. The predicted octanol–water partition coefficient (Wildman–Crippen LogP) is 0.712. The number of hydrazone groups is 1. The molecule has 0 aliphatic rings. The molecule has 0 aliphatic heterocycles. The molecule has 0 aromatic carbocycles. The van der Waals surface area contributed by atoms with Crippen LogP contribution < -0.4 is 11.2 Å². The number of hydrogen-bond acceptors (Lipinski definition) is 7. The second kappa shape index (κ2) is 9.23. The molecule has 0 bridgehead atoms. The summed E-state index contributed by atoms with van der Waals surface area (Å²) in [5.74, 6) is -1.49. The number of nitrogens with two attached hydrogens (primary N) is 1. The van der Waals surface area contributed by atoms with Crippen LogP contribution in [0, 0.1) is 16.0 Å². The van der Waals surface area contributed by atoms with Crippen molar-refractivity contribution in [2.45, 2.75) is 26.8 Å². The molecule has 0 fully saturated rings. The Kier molecular flexibility index (Phi) is 8.08. The topological polar surface area (TPSA) is 161 Å². The smallest absolute Gasteiger partial charge is 0.433 e. The molecule has 122 valence electrons. The molecule has 22 heavy (non-hydrogen) atoms. The molecule has 4 N–H and O–H groups in total. The van der Waals surface area contributed by atoms with Gasteiger partial charge in [-0.3, -0.25) is 19.7 Å². The van der Waals surface area contributed by atoms with E-state index in [-0.39, 0.29) is 17.6 Å². The van der Waals surface area contributed by atoms with Crippen LogP contribution in [0.4, 0.5) is 5.88 Å². The number of carboxylic acids is 1. The van der Waals surface area contributed by atoms with Crippen molar-refractivity contribution in [3.05, 3.63) is 28.0 Å². The molecule has 0 aliphatic carbocycles.